The quantitative estimate of drug-likeness (QED) is 0.378. The normalized spacial score (nSPS) is 11.9. The van der Waals surface area contributed by atoms with Gasteiger partial charge in [-0.1, -0.05) is 54.1 Å². The summed E-state index contributed by atoms with van der Waals surface area (Å²) < 4.78 is 1.70. The number of amides is 1. The minimum Gasteiger partial charge on any atom is -0.351 e. The zero-order valence-corrected chi connectivity index (χ0v) is 19.5. The molecule has 8 nitrogen and oxygen atoms in total. The topological polar surface area (TPSA) is 106 Å². The van der Waals surface area contributed by atoms with Crippen LogP contribution in [0, 0.1) is 6.92 Å². The van der Waals surface area contributed by atoms with Gasteiger partial charge in [0.1, 0.15) is 18.5 Å². The van der Waals surface area contributed by atoms with Gasteiger partial charge in [-0.05, 0) is 42.3 Å². The maximum absolute atomic E-state index is 13.0. The molecular weight excluding hydrogens is 464 g/mol. The molecule has 5 rings (SSSR count). The van der Waals surface area contributed by atoms with Crippen LogP contribution in [0.25, 0.3) is 16.6 Å². The molecule has 3 aromatic carbocycles. The smallest absolute Gasteiger partial charge is 0.259 e. The van der Waals surface area contributed by atoms with Crippen LogP contribution >= 0.6 is 11.6 Å². The zero-order chi connectivity index (χ0) is 24.4. The van der Waals surface area contributed by atoms with Crippen LogP contribution in [0.4, 0.5) is 0 Å². The average Bonchev–Trinajstić information content (AvgIpc) is 3.40. The van der Waals surface area contributed by atoms with Crippen LogP contribution in [-0.4, -0.2) is 37.2 Å². The number of hydrogen-bond donors (Lipinski definition) is 2. The fourth-order valence-electron chi connectivity index (χ4n) is 4.07. The van der Waals surface area contributed by atoms with Crippen LogP contribution in [0.15, 0.2) is 84.2 Å². The first kappa shape index (κ1) is 22.5. The number of aromatic nitrogens is 5. The fraction of sp³-hybridized carbons (Fsp3) is 0.115. The summed E-state index contributed by atoms with van der Waals surface area (Å²) in [6.45, 7) is 2.10. The van der Waals surface area contributed by atoms with Gasteiger partial charge in [-0.15, -0.1) is 10.2 Å². The number of nitrogens with one attached hydrogen (secondary N) is 2. The molecule has 0 aliphatic carbocycles. The molecule has 1 amide bonds. The highest BCUT2D eigenvalue weighted by Crippen LogP contribution is 2.24. The molecule has 9 heteroatoms. The highest BCUT2D eigenvalue weighted by atomic mass is 35.5. The lowest BCUT2D eigenvalue weighted by atomic mass is 9.97. The third kappa shape index (κ3) is 4.56. The van der Waals surface area contributed by atoms with Crippen molar-refractivity contribution in [2.45, 2.75) is 12.8 Å². The molecule has 35 heavy (non-hydrogen) atoms. The van der Waals surface area contributed by atoms with Gasteiger partial charge in [0.15, 0.2) is 0 Å². The molecular formula is C26H21ClN6O2. The van der Waals surface area contributed by atoms with Gasteiger partial charge in [-0.25, -0.2) is 4.98 Å². The first-order chi connectivity index (χ1) is 17.0. The summed E-state index contributed by atoms with van der Waals surface area (Å²) in [5.74, 6) is -0.216. The number of fused-ring (bicyclic) bond motifs is 1. The minimum absolute atomic E-state index is 0.206. The lowest BCUT2D eigenvalue weighted by Crippen LogP contribution is -2.31. The molecule has 0 spiro atoms. The first-order valence-corrected chi connectivity index (χ1v) is 11.4. The number of hydrogen-bond acceptors (Lipinski definition) is 5. The second-order valence-corrected chi connectivity index (χ2v) is 8.53. The monoisotopic (exact) mass is 484 g/mol. The highest BCUT2D eigenvalue weighted by Gasteiger charge is 2.21. The molecule has 2 heterocycles. The third-order valence-electron chi connectivity index (χ3n) is 5.87. The summed E-state index contributed by atoms with van der Waals surface area (Å²) in [6, 6.07) is 20.3. The molecule has 174 valence electrons. The van der Waals surface area contributed by atoms with Crippen molar-refractivity contribution in [3.63, 3.8) is 0 Å². The number of benzene rings is 3. The Labute approximate surface area is 205 Å². The Morgan fingerprint density at radius 1 is 1.06 bits per heavy atom. The summed E-state index contributed by atoms with van der Waals surface area (Å²) in [7, 11) is 0. The maximum Gasteiger partial charge on any atom is 0.259 e. The predicted molar refractivity (Wildman–Crippen MR) is 134 cm³/mol. The van der Waals surface area contributed by atoms with Crippen molar-refractivity contribution in [3.8, 4) is 5.69 Å². The molecule has 2 aromatic heterocycles. The highest BCUT2D eigenvalue weighted by molar-refractivity contribution is 6.34. The van der Waals surface area contributed by atoms with Crippen molar-refractivity contribution in [3.05, 3.63) is 117 Å². The van der Waals surface area contributed by atoms with Gasteiger partial charge in [0.25, 0.3) is 11.5 Å². The van der Waals surface area contributed by atoms with Crippen molar-refractivity contribution in [1.82, 2.24) is 30.0 Å². The zero-order valence-electron chi connectivity index (χ0n) is 18.8. The summed E-state index contributed by atoms with van der Waals surface area (Å²) >= 11 is 6.42. The molecule has 0 saturated carbocycles. The van der Waals surface area contributed by atoms with Crippen LogP contribution in [0.3, 0.4) is 0 Å². The van der Waals surface area contributed by atoms with E-state index in [-0.39, 0.29) is 23.9 Å². The van der Waals surface area contributed by atoms with Crippen LogP contribution in [0.1, 0.15) is 33.2 Å². The van der Waals surface area contributed by atoms with E-state index in [0.29, 0.717) is 27.3 Å². The van der Waals surface area contributed by atoms with Crippen LogP contribution in [0.5, 0.6) is 0 Å². The van der Waals surface area contributed by atoms with E-state index >= 15 is 0 Å². The summed E-state index contributed by atoms with van der Waals surface area (Å²) in [6.07, 6.45) is 3.10. The molecule has 0 bridgehead atoms. The van der Waals surface area contributed by atoms with E-state index in [2.05, 4.69) is 20.5 Å². The molecule has 0 aliphatic rings. The van der Waals surface area contributed by atoms with E-state index in [4.69, 9.17) is 16.6 Å². The van der Waals surface area contributed by atoms with Crippen molar-refractivity contribution >= 4 is 28.4 Å². The van der Waals surface area contributed by atoms with Crippen LogP contribution in [-0.2, 0) is 0 Å². The molecule has 0 aliphatic heterocycles. The van der Waals surface area contributed by atoms with E-state index in [1.807, 2.05) is 55.5 Å². The van der Waals surface area contributed by atoms with Gasteiger partial charge < -0.3 is 10.3 Å². The second-order valence-electron chi connectivity index (χ2n) is 8.13. The Kier molecular flexibility index (Phi) is 6.12. The number of aromatic amines is 1. The molecule has 0 radical (unpaired) electrons. The van der Waals surface area contributed by atoms with E-state index in [1.54, 1.807) is 35.4 Å². The van der Waals surface area contributed by atoms with Gasteiger partial charge in [0, 0.05) is 12.2 Å². The molecule has 5 aromatic rings. The molecule has 0 fully saturated rings. The maximum atomic E-state index is 13.0. The SMILES string of the molecule is Cc1cccc2nc(C(CNC(=O)c3ccc(-n4cnnc4)cc3Cl)c3ccccc3)[nH]c(=O)c12. The van der Waals surface area contributed by atoms with Crippen molar-refractivity contribution < 1.29 is 4.79 Å². The number of halogens is 1. The Bertz CT molecular complexity index is 1560. The van der Waals surface area contributed by atoms with E-state index in [1.165, 1.54) is 0 Å². The Balaban J connectivity index is 1.44. The van der Waals surface area contributed by atoms with Crippen LogP contribution < -0.4 is 10.9 Å². The molecule has 1 atom stereocenters. The lowest BCUT2D eigenvalue weighted by molar-refractivity contribution is 0.0952. The summed E-state index contributed by atoms with van der Waals surface area (Å²) in [5, 5.41) is 11.4. The number of H-pyrrole nitrogens is 1. The molecule has 0 saturated heterocycles. The van der Waals surface area contributed by atoms with Gasteiger partial charge in [-0.3, -0.25) is 14.2 Å². The number of nitrogens with zero attached hydrogens (tertiary/aromatic N) is 4. The van der Waals surface area contributed by atoms with Crippen molar-refractivity contribution in [1.29, 1.82) is 0 Å². The lowest BCUT2D eigenvalue weighted by Gasteiger charge is -2.18. The molecule has 1 unspecified atom stereocenters. The first-order valence-electron chi connectivity index (χ1n) is 11.0. The Morgan fingerprint density at radius 3 is 2.57 bits per heavy atom. The Morgan fingerprint density at radius 2 is 1.83 bits per heavy atom. The standard InChI is InChI=1S/C26H21ClN6O2/c1-16-6-5-9-22-23(16)26(35)32-24(31-22)20(17-7-3-2-4-8-17)13-28-25(34)19-11-10-18(12-21(19)27)33-14-29-30-15-33/h2-12,14-15,20H,13H2,1H3,(H,28,34)(H,31,32,35). The third-order valence-corrected chi connectivity index (χ3v) is 6.19. The van der Waals surface area contributed by atoms with E-state index in [0.717, 1.165) is 16.8 Å². The number of aryl methyl sites for hydroxylation is 1. The Hall–Kier alpha value is -4.30. The van der Waals surface area contributed by atoms with Gasteiger partial charge in [0.2, 0.25) is 0 Å². The fourth-order valence-corrected chi connectivity index (χ4v) is 4.33. The minimum atomic E-state index is -0.368. The number of carbonyl (C=O) groups excluding carboxylic acids is 1. The van der Waals surface area contributed by atoms with E-state index < -0.39 is 0 Å². The van der Waals surface area contributed by atoms with Gasteiger partial charge >= 0.3 is 0 Å². The number of carbonyl (C=O) groups is 1. The predicted octanol–water partition coefficient (Wildman–Crippen LogP) is 4.03. The van der Waals surface area contributed by atoms with Gasteiger partial charge in [0.05, 0.1) is 27.4 Å². The van der Waals surface area contributed by atoms with Crippen LogP contribution in [0.2, 0.25) is 5.02 Å². The van der Waals surface area contributed by atoms with Crippen molar-refractivity contribution in [2.75, 3.05) is 6.54 Å². The number of rotatable bonds is 6. The van der Waals surface area contributed by atoms with Gasteiger partial charge in [-0.2, -0.15) is 0 Å². The van der Waals surface area contributed by atoms with E-state index in [9.17, 15) is 9.59 Å². The molecule has 2 N–H and O–H groups in total. The average molecular weight is 485 g/mol. The summed E-state index contributed by atoms with van der Waals surface area (Å²) in [5.41, 5.74) is 3.26. The summed E-state index contributed by atoms with van der Waals surface area (Å²) in [4.78, 5) is 33.6. The van der Waals surface area contributed by atoms with Crippen molar-refractivity contribution in [2.24, 2.45) is 0 Å². The largest absolute Gasteiger partial charge is 0.351 e. The second kappa shape index (κ2) is 9.52.